The monoisotopic (exact) mass is 346 g/mol. The zero-order valence-electron chi connectivity index (χ0n) is 14.7. The van der Waals surface area contributed by atoms with E-state index in [2.05, 4.69) is 21.4 Å². The molecule has 0 saturated carbocycles. The molecule has 7 heteroatoms. The van der Waals surface area contributed by atoms with E-state index in [0.29, 0.717) is 38.7 Å². The van der Waals surface area contributed by atoms with Gasteiger partial charge in [0.2, 0.25) is 5.91 Å². The molecule has 2 heterocycles. The number of rotatable bonds is 6. The Morgan fingerprint density at radius 1 is 1.48 bits per heavy atom. The summed E-state index contributed by atoms with van der Waals surface area (Å²) in [4.78, 5) is 23.8. The van der Waals surface area contributed by atoms with Crippen molar-refractivity contribution in [3.05, 3.63) is 29.7 Å². The van der Waals surface area contributed by atoms with Gasteiger partial charge >= 0.3 is 0 Å². The molecule has 1 atom stereocenters. The highest BCUT2D eigenvalue weighted by molar-refractivity contribution is 5.93. The van der Waals surface area contributed by atoms with E-state index in [1.54, 1.807) is 13.3 Å². The lowest BCUT2D eigenvalue weighted by Crippen LogP contribution is -2.44. The number of carbonyl (C=O) groups is 1. The van der Waals surface area contributed by atoms with E-state index >= 15 is 0 Å². The van der Waals surface area contributed by atoms with Crippen molar-refractivity contribution in [1.82, 2.24) is 14.9 Å². The van der Waals surface area contributed by atoms with Crippen molar-refractivity contribution in [1.29, 1.82) is 0 Å². The summed E-state index contributed by atoms with van der Waals surface area (Å²) in [6.45, 7) is 2.83. The number of morpholine rings is 1. The number of nitrogens with zero attached hydrogens (tertiary/aromatic N) is 3. The Balaban J connectivity index is 1.75. The van der Waals surface area contributed by atoms with Crippen LogP contribution in [0.25, 0.3) is 0 Å². The second-order valence-corrected chi connectivity index (χ2v) is 6.28. The van der Waals surface area contributed by atoms with Crippen LogP contribution in [-0.4, -0.2) is 60.8 Å². The van der Waals surface area contributed by atoms with Gasteiger partial charge < -0.3 is 19.7 Å². The molecule has 1 saturated heterocycles. The lowest BCUT2D eigenvalue weighted by atomic mass is 9.98. The van der Waals surface area contributed by atoms with Gasteiger partial charge in [-0.05, 0) is 31.7 Å². The van der Waals surface area contributed by atoms with Gasteiger partial charge in [0.05, 0.1) is 19.8 Å². The number of nitrogens with one attached hydrogen (secondary N) is 1. The molecule has 0 radical (unpaired) electrons. The van der Waals surface area contributed by atoms with Gasteiger partial charge in [-0.1, -0.05) is 6.08 Å². The number of methoxy groups -OCH3 is 1. The van der Waals surface area contributed by atoms with Crippen LogP contribution in [0.1, 0.15) is 37.5 Å². The first-order valence-corrected chi connectivity index (χ1v) is 8.93. The van der Waals surface area contributed by atoms with Crippen molar-refractivity contribution in [2.75, 3.05) is 45.3 Å². The van der Waals surface area contributed by atoms with Crippen LogP contribution in [0.3, 0.4) is 0 Å². The topological polar surface area (TPSA) is 76.6 Å². The highest BCUT2D eigenvalue weighted by Crippen LogP contribution is 2.27. The van der Waals surface area contributed by atoms with Crippen LogP contribution in [0.2, 0.25) is 0 Å². The smallest absolute Gasteiger partial charge is 0.250 e. The second-order valence-electron chi connectivity index (χ2n) is 6.28. The van der Waals surface area contributed by atoms with E-state index in [4.69, 9.17) is 9.47 Å². The highest BCUT2D eigenvalue weighted by atomic mass is 16.5. The molecule has 25 heavy (non-hydrogen) atoms. The Kier molecular flexibility index (Phi) is 6.36. The number of aromatic nitrogens is 2. The van der Waals surface area contributed by atoms with Crippen molar-refractivity contribution in [3.8, 4) is 0 Å². The Morgan fingerprint density at radius 3 is 3.20 bits per heavy atom. The van der Waals surface area contributed by atoms with Crippen LogP contribution in [0.5, 0.6) is 0 Å². The minimum Gasteiger partial charge on any atom is -0.383 e. The summed E-state index contributed by atoms with van der Waals surface area (Å²) in [6.07, 6.45) is 7.91. The maximum absolute atomic E-state index is 12.9. The maximum atomic E-state index is 12.9. The number of allylic oxidation sites excluding steroid dienone is 1. The van der Waals surface area contributed by atoms with Crippen LogP contribution in [-0.2, 0) is 14.3 Å². The maximum Gasteiger partial charge on any atom is 0.250 e. The average molecular weight is 346 g/mol. The van der Waals surface area contributed by atoms with Crippen LogP contribution < -0.4 is 5.32 Å². The molecule has 0 spiro atoms. The van der Waals surface area contributed by atoms with Gasteiger partial charge in [-0.3, -0.25) is 4.79 Å². The Bertz CT molecular complexity index is 620. The zero-order valence-corrected chi connectivity index (χ0v) is 14.7. The predicted octanol–water partition coefficient (Wildman–Crippen LogP) is 1.94. The van der Waals surface area contributed by atoms with Gasteiger partial charge in [0.15, 0.2) is 5.82 Å². The van der Waals surface area contributed by atoms with E-state index in [9.17, 15) is 4.79 Å². The van der Waals surface area contributed by atoms with Gasteiger partial charge in [-0.2, -0.15) is 0 Å². The fourth-order valence-corrected chi connectivity index (χ4v) is 3.19. The Labute approximate surface area is 148 Å². The van der Waals surface area contributed by atoms with Crippen LogP contribution in [0.15, 0.2) is 23.9 Å². The first-order chi connectivity index (χ1) is 12.3. The predicted molar refractivity (Wildman–Crippen MR) is 94.2 cm³/mol. The molecule has 1 aromatic heterocycles. The summed E-state index contributed by atoms with van der Waals surface area (Å²) < 4.78 is 10.6. The highest BCUT2D eigenvalue weighted by Gasteiger charge is 2.32. The summed E-state index contributed by atoms with van der Waals surface area (Å²) >= 11 is 0. The van der Waals surface area contributed by atoms with E-state index in [1.165, 1.54) is 6.42 Å². The SMILES string of the molecule is COCCNc1ccnc([C@@H]2COCCN2C(=O)C2=CCCCC2)n1. The minimum absolute atomic E-state index is 0.106. The fraction of sp³-hybridized carbons (Fsp3) is 0.611. The molecule has 1 N–H and O–H groups in total. The molecule has 1 aromatic rings. The fourth-order valence-electron chi connectivity index (χ4n) is 3.19. The third-order valence-electron chi connectivity index (χ3n) is 4.54. The molecule has 3 rings (SSSR count). The second kappa shape index (κ2) is 8.92. The van der Waals surface area contributed by atoms with Gasteiger partial charge in [0.1, 0.15) is 11.9 Å². The largest absolute Gasteiger partial charge is 0.383 e. The first-order valence-electron chi connectivity index (χ1n) is 8.93. The standard InChI is InChI=1S/C18H26N4O3/c1-24-11-9-19-16-7-8-20-17(21-16)15-13-25-12-10-22(15)18(23)14-5-3-2-4-6-14/h5,7-8,15H,2-4,6,9-13H2,1H3,(H,19,20,21)/t15-/m0/s1. The van der Waals surface area contributed by atoms with Crippen molar-refractivity contribution in [3.63, 3.8) is 0 Å². The van der Waals surface area contributed by atoms with Gasteiger partial charge in [0, 0.05) is 32.0 Å². The normalized spacial score (nSPS) is 20.9. The quantitative estimate of drug-likeness (QED) is 0.793. The summed E-state index contributed by atoms with van der Waals surface area (Å²) in [6, 6.07) is 1.58. The van der Waals surface area contributed by atoms with E-state index in [0.717, 1.165) is 30.7 Å². The van der Waals surface area contributed by atoms with Crippen molar-refractivity contribution in [2.24, 2.45) is 0 Å². The lowest BCUT2D eigenvalue weighted by molar-refractivity contribution is -0.136. The molecule has 1 aliphatic carbocycles. The molecule has 7 nitrogen and oxygen atoms in total. The molecule has 1 amide bonds. The number of anilines is 1. The Hall–Kier alpha value is -1.99. The molecule has 0 bridgehead atoms. The van der Waals surface area contributed by atoms with Crippen LogP contribution in [0.4, 0.5) is 5.82 Å². The molecule has 2 aliphatic rings. The third-order valence-corrected chi connectivity index (χ3v) is 4.54. The van der Waals surface area contributed by atoms with E-state index < -0.39 is 0 Å². The number of ether oxygens (including phenoxy) is 2. The molecule has 1 aliphatic heterocycles. The Morgan fingerprint density at radius 2 is 2.40 bits per heavy atom. The van der Waals surface area contributed by atoms with Crippen LogP contribution >= 0.6 is 0 Å². The first kappa shape index (κ1) is 17.8. The van der Waals surface area contributed by atoms with Gasteiger partial charge in [0.25, 0.3) is 0 Å². The molecule has 0 aromatic carbocycles. The number of hydrogen-bond acceptors (Lipinski definition) is 6. The molecule has 0 unspecified atom stereocenters. The minimum atomic E-state index is -0.242. The summed E-state index contributed by atoms with van der Waals surface area (Å²) in [5, 5.41) is 3.20. The summed E-state index contributed by atoms with van der Waals surface area (Å²) in [7, 11) is 1.66. The van der Waals surface area contributed by atoms with Gasteiger partial charge in [-0.25, -0.2) is 9.97 Å². The van der Waals surface area contributed by atoms with Crippen molar-refractivity contribution >= 4 is 11.7 Å². The molecule has 1 fully saturated rings. The third kappa shape index (κ3) is 4.55. The molecular formula is C18H26N4O3. The number of carbonyl (C=O) groups excluding carboxylic acids is 1. The molecule has 136 valence electrons. The van der Waals surface area contributed by atoms with Crippen LogP contribution in [0, 0.1) is 0 Å². The summed E-state index contributed by atoms with van der Waals surface area (Å²) in [5.74, 6) is 1.46. The average Bonchev–Trinajstić information content (AvgIpc) is 2.68. The number of amides is 1. The number of hydrogen-bond donors (Lipinski definition) is 1. The lowest BCUT2D eigenvalue weighted by Gasteiger charge is -2.35. The summed E-state index contributed by atoms with van der Waals surface area (Å²) in [5.41, 5.74) is 0.924. The molecular weight excluding hydrogens is 320 g/mol. The van der Waals surface area contributed by atoms with Gasteiger partial charge in [-0.15, -0.1) is 0 Å². The van der Waals surface area contributed by atoms with E-state index in [1.807, 2.05) is 11.0 Å². The van der Waals surface area contributed by atoms with Crippen molar-refractivity contribution < 1.29 is 14.3 Å². The van der Waals surface area contributed by atoms with Crippen molar-refractivity contribution in [2.45, 2.75) is 31.7 Å². The zero-order chi connectivity index (χ0) is 17.5. The van der Waals surface area contributed by atoms with E-state index in [-0.39, 0.29) is 11.9 Å².